The van der Waals surface area contributed by atoms with Gasteiger partial charge in [-0.2, -0.15) is 0 Å². The van der Waals surface area contributed by atoms with Crippen LogP contribution in [0.25, 0.3) is 0 Å². The van der Waals surface area contributed by atoms with Gasteiger partial charge in [-0.15, -0.1) is 0 Å². The summed E-state index contributed by atoms with van der Waals surface area (Å²) in [5, 5.41) is 10.6. The zero-order valence-electron chi connectivity index (χ0n) is 64.9. The van der Waals surface area contributed by atoms with Crippen LogP contribution in [0.15, 0.2) is 146 Å². The Morgan fingerprint density at radius 3 is 0.750 bits per heavy atom. The molecule has 0 saturated heterocycles. The average Bonchev–Trinajstić information content (AvgIpc) is 0.937. The minimum atomic E-state index is -5.00. The van der Waals surface area contributed by atoms with Crippen molar-refractivity contribution in [1.82, 2.24) is 0 Å². The van der Waals surface area contributed by atoms with Gasteiger partial charge >= 0.3 is 39.5 Å². The number of hydrogen-bond donors (Lipinski definition) is 3. The molecule has 2 unspecified atom stereocenters. The first-order chi connectivity index (χ1) is 50.7. The van der Waals surface area contributed by atoms with E-state index in [9.17, 15) is 43.2 Å². The number of aliphatic hydroxyl groups is 1. The van der Waals surface area contributed by atoms with E-state index < -0.39 is 97.5 Å². The first kappa shape index (κ1) is 98.9. The summed E-state index contributed by atoms with van der Waals surface area (Å²) >= 11 is 0. The lowest BCUT2D eigenvalue weighted by atomic mass is 10.1. The maximum atomic E-state index is 13.1. The summed E-state index contributed by atoms with van der Waals surface area (Å²) in [6.07, 6.45) is 86.9. The predicted octanol–water partition coefficient (Wildman–Crippen LogP) is 23.4. The van der Waals surface area contributed by atoms with E-state index in [1.807, 2.05) is 24.3 Å². The summed E-state index contributed by atoms with van der Waals surface area (Å²) in [5.74, 6) is -2.34. The third-order valence-electron chi connectivity index (χ3n) is 16.2. The number of rotatable bonds is 74. The molecule has 0 spiro atoms. The number of esters is 4. The monoisotopic (exact) mass is 1500 g/mol. The Kier molecular flexibility index (Phi) is 72.4. The van der Waals surface area contributed by atoms with Crippen LogP contribution in [0.4, 0.5) is 0 Å². The Bertz CT molecular complexity index is 2370. The summed E-state index contributed by atoms with van der Waals surface area (Å²) in [5.41, 5.74) is 0. The Morgan fingerprint density at radius 2 is 0.481 bits per heavy atom. The molecule has 17 nitrogen and oxygen atoms in total. The van der Waals surface area contributed by atoms with E-state index in [0.29, 0.717) is 38.5 Å². The molecule has 0 aromatic rings. The molecule has 3 N–H and O–H groups in total. The maximum Gasteiger partial charge on any atom is 0.472 e. The van der Waals surface area contributed by atoms with Crippen molar-refractivity contribution in [3.63, 3.8) is 0 Å². The predicted molar refractivity (Wildman–Crippen MR) is 427 cm³/mol. The van der Waals surface area contributed by atoms with Gasteiger partial charge in [-0.25, -0.2) is 9.13 Å². The minimum Gasteiger partial charge on any atom is -0.462 e. The van der Waals surface area contributed by atoms with Gasteiger partial charge in [-0.3, -0.25) is 37.3 Å². The Balaban J connectivity index is 5.49. The van der Waals surface area contributed by atoms with Gasteiger partial charge in [-0.1, -0.05) is 263 Å². The molecule has 0 aliphatic heterocycles. The quantitative estimate of drug-likeness (QED) is 0.0169. The molecular weight excluding hydrogens is 1350 g/mol. The van der Waals surface area contributed by atoms with Crippen molar-refractivity contribution in [2.24, 2.45) is 0 Å². The molecule has 0 fully saturated rings. The molecule has 0 bridgehead atoms. The molecule has 104 heavy (non-hydrogen) atoms. The minimum absolute atomic E-state index is 0.0619. The lowest BCUT2D eigenvalue weighted by Crippen LogP contribution is -2.30. The van der Waals surface area contributed by atoms with Crippen LogP contribution >= 0.6 is 15.6 Å². The Hall–Kier alpha value is -5.06. The zero-order chi connectivity index (χ0) is 76.0. The molecule has 19 heteroatoms. The molecular formula is C85H142O17P2. The third-order valence-corrected chi connectivity index (χ3v) is 18.1. The number of ether oxygens (including phenoxy) is 4. The smallest absolute Gasteiger partial charge is 0.462 e. The fourth-order valence-corrected chi connectivity index (χ4v) is 11.7. The van der Waals surface area contributed by atoms with E-state index in [2.05, 4.69) is 149 Å². The van der Waals surface area contributed by atoms with Crippen LogP contribution in [0, 0.1) is 0 Å². The fourth-order valence-electron chi connectivity index (χ4n) is 10.1. The normalized spacial score (nSPS) is 14.6. The van der Waals surface area contributed by atoms with E-state index in [-0.39, 0.29) is 25.7 Å². The van der Waals surface area contributed by atoms with Gasteiger partial charge in [0.05, 0.1) is 26.4 Å². The third kappa shape index (κ3) is 75.2. The number of phosphoric ester groups is 2. The second-order valence-corrected chi connectivity index (χ2v) is 29.2. The van der Waals surface area contributed by atoms with Gasteiger partial charge < -0.3 is 33.8 Å². The summed E-state index contributed by atoms with van der Waals surface area (Å²) in [7, 11) is -10.0. The SMILES string of the molecule is CCCCC/C=C\C/C=C\C/C=C\C/C=C\CCCC(=O)OC[C@H](COP(=O)(O)OCC(O)COP(=O)(O)OC[C@@H](COC(=O)CCC/C=C\C/C=C\C/C=C\C/C=C\CCCCC)OC(=O)CCCCCCC/C=C\C/C=C\CCCCC)OC(=O)CCCCCCC/C=C\C/C=C\CCCCC. The lowest BCUT2D eigenvalue weighted by molar-refractivity contribution is -0.161. The van der Waals surface area contributed by atoms with E-state index in [1.54, 1.807) is 0 Å². The van der Waals surface area contributed by atoms with Gasteiger partial charge in [0, 0.05) is 25.7 Å². The fraction of sp³-hybridized carbons (Fsp3) is 0.671. The van der Waals surface area contributed by atoms with Crippen molar-refractivity contribution >= 4 is 39.5 Å². The summed E-state index contributed by atoms with van der Waals surface area (Å²) in [6.45, 7) is 4.61. The van der Waals surface area contributed by atoms with Crippen LogP contribution in [0.5, 0.6) is 0 Å². The van der Waals surface area contributed by atoms with Crippen molar-refractivity contribution in [3.8, 4) is 0 Å². The number of hydrogen-bond acceptors (Lipinski definition) is 15. The first-order valence-electron chi connectivity index (χ1n) is 40.1. The number of allylic oxidation sites excluding steroid dienone is 24. The van der Waals surface area contributed by atoms with Crippen LogP contribution in [0.3, 0.4) is 0 Å². The second-order valence-electron chi connectivity index (χ2n) is 26.3. The topological polar surface area (TPSA) is 237 Å². The van der Waals surface area contributed by atoms with Gasteiger partial charge in [0.15, 0.2) is 12.2 Å². The molecule has 0 radical (unpaired) electrons. The highest BCUT2D eigenvalue weighted by Crippen LogP contribution is 2.45. The van der Waals surface area contributed by atoms with E-state index >= 15 is 0 Å². The van der Waals surface area contributed by atoms with Crippen molar-refractivity contribution in [3.05, 3.63) is 146 Å². The Morgan fingerprint density at radius 1 is 0.269 bits per heavy atom. The molecule has 4 atom stereocenters. The first-order valence-corrected chi connectivity index (χ1v) is 43.1. The molecule has 0 aliphatic rings. The Labute approximate surface area is 630 Å². The van der Waals surface area contributed by atoms with Crippen molar-refractivity contribution in [2.75, 3.05) is 39.6 Å². The number of phosphoric acid groups is 2. The van der Waals surface area contributed by atoms with Gasteiger partial charge in [0.25, 0.3) is 0 Å². The average molecular weight is 1500 g/mol. The molecule has 0 aromatic carbocycles. The summed E-state index contributed by atoms with van der Waals surface area (Å²) < 4.78 is 68.5. The van der Waals surface area contributed by atoms with Crippen LogP contribution < -0.4 is 0 Å². The highest BCUT2D eigenvalue weighted by molar-refractivity contribution is 7.47. The van der Waals surface area contributed by atoms with Crippen LogP contribution in [0.1, 0.15) is 310 Å². The van der Waals surface area contributed by atoms with Crippen LogP contribution in [-0.2, 0) is 65.4 Å². The van der Waals surface area contributed by atoms with Gasteiger partial charge in [0.2, 0.25) is 0 Å². The number of aliphatic hydroxyl groups excluding tert-OH is 1. The largest absolute Gasteiger partial charge is 0.472 e. The molecule has 0 saturated carbocycles. The highest BCUT2D eigenvalue weighted by atomic mass is 31.2. The van der Waals surface area contributed by atoms with Crippen molar-refractivity contribution < 1.29 is 80.2 Å². The van der Waals surface area contributed by atoms with Crippen molar-refractivity contribution in [1.29, 1.82) is 0 Å². The molecule has 0 aliphatic carbocycles. The zero-order valence-corrected chi connectivity index (χ0v) is 66.7. The lowest BCUT2D eigenvalue weighted by Gasteiger charge is -2.21. The number of carbonyl (C=O) groups is 4. The number of unbranched alkanes of at least 4 members (excludes halogenated alkanes) is 24. The maximum absolute atomic E-state index is 13.1. The van der Waals surface area contributed by atoms with Crippen molar-refractivity contribution in [2.45, 2.75) is 329 Å². The molecule has 0 aromatic heterocycles. The number of carbonyl (C=O) groups excluding carboxylic acids is 4. The summed E-state index contributed by atoms with van der Waals surface area (Å²) in [6, 6.07) is 0. The molecule has 0 amide bonds. The summed E-state index contributed by atoms with van der Waals surface area (Å²) in [4.78, 5) is 73.0. The highest BCUT2D eigenvalue weighted by Gasteiger charge is 2.30. The van der Waals surface area contributed by atoms with E-state index in [4.69, 9.17) is 37.0 Å². The van der Waals surface area contributed by atoms with E-state index in [1.165, 1.54) is 77.0 Å². The van der Waals surface area contributed by atoms with Crippen LogP contribution in [-0.4, -0.2) is 96.7 Å². The molecule has 0 rings (SSSR count). The standard InChI is InChI=1S/C85H142O17P2/c1-5-9-13-17-21-25-29-33-37-39-43-45-49-53-57-61-65-69-82(87)95-75-80(101-84(89)71-67-63-59-55-51-47-41-35-31-27-23-19-15-11-7-3)77-99-103(91,92)97-73-79(86)74-98-104(93,94)100-78-81(102-85(90)72-68-64-60-56-52-48-42-36-32-28-24-20-16-12-8-4)76-96-83(88)70-66-62-58-54-50-46-44-40-38-34-30-26-22-18-14-10-6-2/h21-28,33-38,41-46,53-54,57-58,79-81,86H,5-20,29-32,39-40,47-52,55-56,59-78H2,1-4H3,(H,91,92)(H,93,94)/b25-21-,26-22-,27-23-,28-24-,37-33-,38-34-,41-35-,42-36-,45-43-,46-44-,57-53-,58-54-/t80-,81-/m1/s1. The van der Waals surface area contributed by atoms with Gasteiger partial charge in [0.1, 0.15) is 19.3 Å². The van der Waals surface area contributed by atoms with Gasteiger partial charge in [-0.05, 0) is 167 Å². The molecule has 594 valence electrons. The second kappa shape index (κ2) is 76.1. The van der Waals surface area contributed by atoms with E-state index in [0.717, 1.165) is 141 Å². The van der Waals surface area contributed by atoms with Crippen LogP contribution in [0.2, 0.25) is 0 Å². The molecule has 0 heterocycles.